The first-order valence-corrected chi connectivity index (χ1v) is 5.72. The van der Waals surface area contributed by atoms with Crippen LogP contribution in [0.25, 0.3) is 11.0 Å². The fraction of sp³-hybridized carbons (Fsp3) is 0.385. The maximum absolute atomic E-state index is 11.7. The minimum absolute atomic E-state index is 0.123. The van der Waals surface area contributed by atoms with Crippen LogP contribution in [-0.2, 0) is 4.74 Å². The number of benzene rings is 1. The molecule has 0 radical (unpaired) electrons. The molecule has 5 heteroatoms. The molecular formula is C13H16N2O3. The summed E-state index contributed by atoms with van der Waals surface area (Å²) in [6.45, 7) is 4.00. The molecule has 2 rings (SSSR count). The van der Waals surface area contributed by atoms with Crippen molar-refractivity contribution in [2.45, 2.75) is 19.9 Å². The van der Waals surface area contributed by atoms with Crippen LogP contribution < -0.4 is 4.74 Å². The van der Waals surface area contributed by atoms with Gasteiger partial charge in [0.1, 0.15) is 5.75 Å². The van der Waals surface area contributed by atoms with E-state index in [0.717, 1.165) is 11.0 Å². The van der Waals surface area contributed by atoms with Gasteiger partial charge in [0.15, 0.2) is 0 Å². The predicted octanol–water partition coefficient (Wildman–Crippen LogP) is 2.41. The van der Waals surface area contributed by atoms with E-state index < -0.39 is 5.97 Å². The molecule has 0 aliphatic rings. The van der Waals surface area contributed by atoms with Crippen LogP contribution in [0.5, 0.6) is 5.75 Å². The second kappa shape index (κ2) is 4.68. The topological polar surface area (TPSA) is 53.4 Å². The van der Waals surface area contributed by atoms with Crippen LogP contribution in [0.15, 0.2) is 18.2 Å². The van der Waals surface area contributed by atoms with Crippen molar-refractivity contribution in [3.8, 4) is 5.75 Å². The molecule has 0 N–H and O–H groups in total. The fourth-order valence-electron chi connectivity index (χ4n) is 1.96. The smallest absolute Gasteiger partial charge is 0.374 e. The lowest BCUT2D eigenvalue weighted by Gasteiger charge is -2.11. The van der Waals surface area contributed by atoms with Crippen LogP contribution in [0, 0.1) is 0 Å². The average Bonchev–Trinajstić information content (AvgIpc) is 2.75. The third-order valence-electron chi connectivity index (χ3n) is 2.78. The number of nitrogens with zero attached hydrogens (tertiary/aromatic N) is 2. The maximum Gasteiger partial charge on any atom is 0.374 e. The van der Waals surface area contributed by atoms with Crippen molar-refractivity contribution in [2.24, 2.45) is 0 Å². The van der Waals surface area contributed by atoms with E-state index in [9.17, 15) is 4.79 Å². The van der Waals surface area contributed by atoms with Gasteiger partial charge in [-0.1, -0.05) is 0 Å². The monoisotopic (exact) mass is 248 g/mol. The molecule has 0 atom stereocenters. The zero-order valence-corrected chi connectivity index (χ0v) is 10.9. The zero-order valence-electron chi connectivity index (χ0n) is 10.9. The Morgan fingerprint density at radius 2 is 2.06 bits per heavy atom. The number of imidazole rings is 1. The second-order valence-corrected chi connectivity index (χ2v) is 4.25. The van der Waals surface area contributed by atoms with Crippen LogP contribution in [-0.4, -0.2) is 29.7 Å². The highest BCUT2D eigenvalue weighted by Crippen LogP contribution is 2.25. The minimum atomic E-state index is -0.432. The van der Waals surface area contributed by atoms with Gasteiger partial charge in [0.25, 0.3) is 0 Å². The number of methoxy groups -OCH3 is 2. The van der Waals surface area contributed by atoms with Crippen LogP contribution >= 0.6 is 0 Å². The molecule has 0 bridgehead atoms. The van der Waals surface area contributed by atoms with Crippen LogP contribution in [0.1, 0.15) is 30.5 Å². The van der Waals surface area contributed by atoms with Crippen molar-refractivity contribution in [2.75, 3.05) is 14.2 Å². The first kappa shape index (κ1) is 12.4. The Bertz CT molecular complexity index is 587. The van der Waals surface area contributed by atoms with Gasteiger partial charge in [-0.25, -0.2) is 9.78 Å². The molecule has 0 unspecified atom stereocenters. The minimum Gasteiger partial charge on any atom is -0.497 e. The Morgan fingerprint density at radius 1 is 1.33 bits per heavy atom. The molecule has 0 saturated carbocycles. The summed E-state index contributed by atoms with van der Waals surface area (Å²) in [5, 5.41) is 0. The van der Waals surface area contributed by atoms with Crippen LogP contribution in [0.3, 0.4) is 0 Å². The molecule has 0 aliphatic heterocycles. The van der Waals surface area contributed by atoms with E-state index in [2.05, 4.69) is 4.98 Å². The lowest BCUT2D eigenvalue weighted by molar-refractivity contribution is 0.0580. The lowest BCUT2D eigenvalue weighted by Crippen LogP contribution is -2.13. The Kier molecular flexibility index (Phi) is 3.23. The Hall–Kier alpha value is -2.04. The number of ether oxygens (including phenoxy) is 2. The zero-order chi connectivity index (χ0) is 13.3. The van der Waals surface area contributed by atoms with Gasteiger partial charge in [-0.15, -0.1) is 0 Å². The van der Waals surface area contributed by atoms with Gasteiger partial charge in [0, 0.05) is 12.1 Å². The number of rotatable bonds is 3. The summed E-state index contributed by atoms with van der Waals surface area (Å²) in [5.74, 6) is 0.599. The molecule has 0 spiro atoms. The molecule has 0 amide bonds. The summed E-state index contributed by atoms with van der Waals surface area (Å²) in [4.78, 5) is 16.0. The van der Waals surface area contributed by atoms with Crippen molar-refractivity contribution in [3.63, 3.8) is 0 Å². The normalized spacial score (nSPS) is 10.9. The van der Waals surface area contributed by atoms with Crippen molar-refractivity contribution in [3.05, 3.63) is 24.0 Å². The highest BCUT2D eigenvalue weighted by atomic mass is 16.5. The second-order valence-electron chi connectivity index (χ2n) is 4.25. The fourth-order valence-corrected chi connectivity index (χ4v) is 1.96. The predicted molar refractivity (Wildman–Crippen MR) is 68.0 cm³/mol. The van der Waals surface area contributed by atoms with E-state index >= 15 is 0 Å². The largest absolute Gasteiger partial charge is 0.497 e. The number of carbonyl (C=O) groups excluding carboxylic acids is 1. The quantitative estimate of drug-likeness (QED) is 0.783. The molecule has 2 aromatic rings. The lowest BCUT2D eigenvalue weighted by atomic mass is 10.2. The van der Waals surface area contributed by atoms with Crippen LogP contribution in [0.4, 0.5) is 0 Å². The summed E-state index contributed by atoms with van der Waals surface area (Å²) < 4.78 is 11.8. The molecular weight excluding hydrogens is 232 g/mol. The van der Waals surface area contributed by atoms with E-state index in [1.165, 1.54) is 7.11 Å². The number of esters is 1. The summed E-state index contributed by atoms with van der Waals surface area (Å²) in [6, 6.07) is 5.68. The van der Waals surface area contributed by atoms with Gasteiger partial charge in [-0.2, -0.15) is 0 Å². The molecule has 5 nitrogen and oxygen atoms in total. The van der Waals surface area contributed by atoms with Gasteiger partial charge >= 0.3 is 5.97 Å². The van der Waals surface area contributed by atoms with Gasteiger partial charge in [-0.3, -0.25) is 0 Å². The highest BCUT2D eigenvalue weighted by Gasteiger charge is 2.20. The standard InChI is InChI=1S/C13H16N2O3/c1-8(2)15-11-6-5-9(17-3)7-10(11)14-12(15)13(16)18-4/h5-8H,1-4H3. The van der Waals surface area contributed by atoms with E-state index in [1.54, 1.807) is 13.2 Å². The van der Waals surface area contributed by atoms with E-state index in [1.807, 2.05) is 30.5 Å². The summed E-state index contributed by atoms with van der Waals surface area (Å²) >= 11 is 0. The Labute approximate surface area is 105 Å². The third kappa shape index (κ3) is 1.92. The number of hydrogen-bond acceptors (Lipinski definition) is 4. The number of fused-ring (bicyclic) bond motifs is 1. The third-order valence-corrected chi connectivity index (χ3v) is 2.78. The first-order chi connectivity index (χ1) is 8.58. The molecule has 1 aromatic carbocycles. The van der Waals surface area contributed by atoms with Crippen molar-refractivity contribution in [1.82, 2.24) is 9.55 Å². The van der Waals surface area contributed by atoms with Gasteiger partial charge in [0.2, 0.25) is 5.82 Å². The summed E-state index contributed by atoms with van der Waals surface area (Å²) in [6.07, 6.45) is 0. The summed E-state index contributed by atoms with van der Waals surface area (Å²) in [7, 11) is 2.95. The van der Waals surface area contributed by atoms with Gasteiger partial charge in [-0.05, 0) is 26.0 Å². The van der Waals surface area contributed by atoms with E-state index in [4.69, 9.17) is 9.47 Å². The SMILES string of the molecule is COC(=O)c1nc2cc(OC)ccc2n1C(C)C. The summed E-state index contributed by atoms with van der Waals surface area (Å²) in [5.41, 5.74) is 1.62. The van der Waals surface area contributed by atoms with Crippen molar-refractivity contribution in [1.29, 1.82) is 0 Å². The number of carbonyl (C=O) groups is 1. The molecule has 18 heavy (non-hydrogen) atoms. The van der Waals surface area contributed by atoms with E-state index in [-0.39, 0.29) is 6.04 Å². The molecule has 0 saturated heterocycles. The van der Waals surface area contributed by atoms with Gasteiger partial charge < -0.3 is 14.0 Å². The van der Waals surface area contributed by atoms with Gasteiger partial charge in [0.05, 0.1) is 25.3 Å². The Balaban J connectivity index is 2.70. The van der Waals surface area contributed by atoms with Crippen LogP contribution in [0.2, 0.25) is 0 Å². The highest BCUT2D eigenvalue weighted by molar-refractivity contribution is 5.91. The van der Waals surface area contributed by atoms with E-state index in [0.29, 0.717) is 11.6 Å². The first-order valence-electron chi connectivity index (χ1n) is 5.72. The van der Waals surface area contributed by atoms with Crippen molar-refractivity contribution >= 4 is 17.0 Å². The molecule has 0 aliphatic carbocycles. The van der Waals surface area contributed by atoms with Crippen molar-refractivity contribution < 1.29 is 14.3 Å². The molecule has 96 valence electrons. The average molecular weight is 248 g/mol. The molecule has 1 aromatic heterocycles. The maximum atomic E-state index is 11.7. The molecule has 0 fully saturated rings. The Morgan fingerprint density at radius 3 is 2.61 bits per heavy atom. The number of aromatic nitrogens is 2. The number of hydrogen-bond donors (Lipinski definition) is 0. The molecule has 1 heterocycles.